The van der Waals surface area contributed by atoms with Crippen molar-refractivity contribution in [3.05, 3.63) is 47.3 Å². The fourth-order valence-corrected chi connectivity index (χ4v) is 4.99. The van der Waals surface area contributed by atoms with E-state index in [0.717, 1.165) is 21.5 Å². The van der Waals surface area contributed by atoms with E-state index >= 15 is 0 Å². The highest BCUT2D eigenvalue weighted by molar-refractivity contribution is 7.24. The van der Waals surface area contributed by atoms with E-state index in [-0.39, 0.29) is 0 Å². The monoisotopic (exact) mass is 396 g/mol. The molecule has 4 aromatic rings. The lowest BCUT2D eigenvalue weighted by Crippen LogP contribution is -1.94. The van der Waals surface area contributed by atoms with Crippen molar-refractivity contribution in [3.8, 4) is 32.0 Å². The van der Waals surface area contributed by atoms with Crippen LogP contribution >= 0.6 is 22.7 Å². The zero-order valence-electron chi connectivity index (χ0n) is 15.6. The summed E-state index contributed by atoms with van der Waals surface area (Å²) in [4.78, 5) is 14.2. The first-order valence-electron chi connectivity index (χ1n) is 8.69. The molecule has 0 radical (unpaired) electrons. The Kier molecular flexibility index (Phi) is 4.85. The molecule has 0 aliphatic heterocycles. The van der Waals surface area contributed by atoms with Crippen molar-refractivity contribution in [2.45, 2.75) is 19.8 Å². The van der Waals surface area contributed by atoms with Crippen LogP contribution in [0.15, 0.2) is 42.5 Å². The van der Waals surface area contributed by atoms with Gasteiger partial charge in [-0.05, 0) is 42.3 Å². The highest BCUT2D eigenvalue weighted by atomic mass is 32.1. The summed E-state index contributed by atoms with van der Waals surface area (Å²) in [6.07, 6.45) is 0. The maximum absolute atomic E-state index is 5.55. The zero-order chi connectivity index (χ0) is 19.0. The molecule has 0 aromatic carbocycles. The highest BCUT2D eigenvalue weighted by Crippen LogP contribution is 2.41. The van der Waals surface area contributed by atoms with Crippen LogP contribution in [-0.2, 0) is 0 Å². The summed E-state index contributed by atoms with van der Waals surface area (Å²) in [5.41, 5.74) is 2.52. The van der Waals surface area contributed by atoms with E-state index in [2.05, 4.69) is 48.1 Å². The Bertz CT molecular complexity index is 1100. The van der Waals surface area contributed by atoms with Crippen LogP contribution in [0.3, 0.4) is 0 Å². The molecule has 0 bridgehead atoms. The number of fused-ring (bicyclic) bond motifs is 1. The van der Waals surface area contributed by atoms with E-state index in [9.17, 15) is 0 Å². The van der Waals surface area contributed by atoms with Crippen molar-refractivity contribution in [2.75, 3.05) is 14.2 Å². The molecule has 0 N–H and O–H groups in total. The molecule has 4 rings (SSSR count). The lowest BCUT2D eigenvalue weighted by Gasteiger charge is -2.08. The fourth-order valence-electron chi connectivity index (χ4n) is 2.87. The molecule has 4 nitrogen and oxygen atoms in total. The smallest absolute Gasteiger partial charge is 0.222 e. The van der Waals surface area contributed by atoms with Crippen LogP contribution in [0.4, 0.5) is 0 Å². The van der Waals surface area contributed by atoms with Gasteiger partial charge in [0.15, 0.2) is 0 Å². The van der Waals surface area contributed by atoms with Crippen molar-refractivity contribution in [3.63, 3.8) is 0 Å². The number of hydrogen-bond donors (Lipinski definition) is 0. The summed E-state index contributed by atoms with van der Waals surface area (Å²) < 4.78 is 10.8. The normalized spacial score (nSPS) is 11.3. The molecule has 0 amide bonds. The average molecular weight is 397 g/mol. The van der Waals surface area contributed by atoms with E-state index < -0.39 is 0 Å². The molecule has 0 saturated carbocycles. The largest absolute Gasteiger partial charge is 0.481 e. The van der Waals surface area contributed by atoms with Crippen molar-refractivity contribution in [1.29, 1.82) is 0 Å². The minimum Gasteiger partial charge on any atom is -0.481 e. The molecule has 138 valence electrons. The topological polar surface area (TPSA) is 44.2 Å². The van der Waals surface area contributed by atoms with Crippen LogP contribution in [0, 0.1) is 0 Å². The van der Waals surface area contributed by atoms with Gasteiger partial charge in [-0.2, -0.15) is 0 Å². The average Bonchev–Trinajstić information content (AvgIpc) is 3.35. The second-order valence-electron chi connectivity index (χ2n) is 6.46. The molecule has 4 heterocycles. The Morgan fingerprint density at radius 3 is 2.22 bits per heavy atom. The maximum Gasteiger partial charge on any atom is 0.222 e. The summed E-state index contributed by atoms with van der Waals surface area (Å²) in [5, 5.41) is 0. The van der Waals surface area contributed by atoms with E-state index in [0.29, 0.717) is 17.7 Å². The van der Waals surface area contributed by atoms with Crippen LogP contribution in [0.1, 0.15) is 24.6 Å². The van der Waals surface area contributed by atoms with Crippen molar-refractivity contribution >= 4 is 33.7 Å². The molecule has 0 spiro atoms. The van der Waals surface area contributed by atoms with Crippen LogP contribution in [0.5, 0.6) is 11.8 Å². The third-order valence-electron chi connectivity index (χ3n) is 4.32. The summed E-state index contributed by atoms with van der Waals surface area (Å²) in [7, 11) is 3.27. The van der Waals surface area contributed by atoms with Gasteiger partial charge in [-0.15, -0.1) is 22.7 Å². The standard InChI is InChI=1S/C21H20N2O2S2/c1-12(2)16-6-8-18(26-16)19-9-7-17(27-19)13-11-15-14(23-21(13)25-4)5-10-20(22-15)24-3/h5-12H,1-4H3. The SMILES string of the molecule is COc1ccc2nc(OC)c(-c3ccc(-c4ccc(C(C)C)s4)s3)cc2n1. The van der Waals surface area contributed by atoms with E-state index in [1.54, 1.807) is 31.6 Å². The van der Waals surface area contributed by atoms with Crippen molar-refractivity contribution in [1.82, 2.24) is 9.97 Å². The van der Waals surface area contributed by atoms with E-state index in [1.807, 2.05) is 23.5 Å². The van der Waals surface area contributed by atoms with Gasteiger partial charge < -0.3 is 9.47 Å². The molecule has 4 aromatic heterocycles. The van der Waals surface area contributed by atoms with Crippen LogP contribution in [-0.4, -0.2) is 24.2 Å². The second kappa shape index (κ2) is 7.29. The molecule has 0 fully saturated rings. The Hall–Kier alpha value is -2.44. The third-order valence-corrected chi connectivity index (χ3v) is 7.02. The fraction of sp³-hybridized carbons (Fsp3) is 0.238. The molecule has 0 aliphatic carbocycles. The second-order valence-corrected chi connectivity index (χ2v) is 8.66. The first kappa shape index (κ1) is 17.9. The molecule has 6 heteroatoms. The van der Waals surface area contributed by atoms with Gasteiger partial charge in [-0.3, -0.25) is 0 Å². The van der Waals surface area contributed by atoms with E-state index in [4.69, 9.17) is 9.47 Å². The van der Waals surface area contributed by atoms with Gasteiger partial charge in [-0.25, -0.2) is 9.97 Å². The zero-order valence-corrected chi connectivity index (χ0v) is 17.3. The van der Waals surface area contributed by atoms with Gasteiger partial charge in [0.25, 0.3) is 0 Å². The first-order chi connectivity index (χ1) is 13.1. The molecule has 27 heavy (non-hydrogen) atoms. The predicted molar refractivity (Wildman–Crippen MR) is 113 cm³/mol. The van der Waals surface area contributed by atoms with Crippen molar-refractivity contribution < 1.29 is 9.47 Å². The van der Waals surface area contributed by atoms with Crippen LogP contribution in [0.2, 0.25) is 0 Å². The maximum atomic E-state index is 5.55. The summed E-state index contributed by atoms with van der Waals surface area (Å²) in [5.74, 6) is 1.73. The Morgan fingerprint density at radius 2 is 1.52 bits per heavy atom. The number of nitrogens with zero attached hydrogens (tertiary/aromatic N) is 2. The summed E-state index contributed by atoms with van der Waals surface area (Å²) in [6.45, 7) is 4.45. The molecule has 0 saturated heterocycles. The van der Waals surface area contributed by atoms with Gasteiger partial charge in [-0.1, -0.05) is 13.8 Å². The Morgan fingerprint density at radius 1 is 0.778 bits per heavy atom. The van der Waals surface area contributed by atoms with Crippen LogP contribution < -0.4 is 9.47 Å². The minimum atomic E-state index is 0.550. The lowest BCUT2D eigenvalue weighted by atomic mass is 10.2. The number of ether oxygens (including phenoxy) is 2. The molecule has 0 aliphatic rings. The lowest BCUT2D eigenvalue weighted by molar-refractivity contribution is 0.398. The van der Waals surface area contributed by atoms with Crippen molar-refractivity contribution in [2.24, 2.45) is 0 Å². The quantitative estimate of drug-likeness (QED) is 0.401. The molecule has 0 atom stereocenters. The Labute approximate surface area is 166 Å². The summed E-state index contributed by atoms with van der Waals surface area (Å²) in [6, 6.07) is 14.4. The van der Waals surface area contributed by atoms with Gasteiger partial charge in [0.1, 0.15) is 0 Å². The molecule has 0 unspecified atom stereocenters. The van der Waals surface area contributed by atoms with Gasteiger partial charge in [0.05, 0.1) is 30.8 Å². The van der Waals surface area contributed by atoms with Crippen LogP contribution in [0.25, 0.3) is 31.2 Å². The van der Waals surface area contributed by atoms with Gasteiger partial charge in [0.2, 0.25) is 11.8 Å². The predicted octanol–water partition coefficient (Wildman–Crippen LogP) is 6.23. The minimum absolute atomic E-state index is 0.550. The molecular weight excluding hydrogens is 376 g/mol. The number of rotatable bonds is 5. The van der Waals surface area contributed by atoms with Gasteiger partial charge >= 0.3 is 0 Å². The number of thiophene rings is 2. The molecular formula is C21H20N2O2S2. The first-order valence-corrected chi connectivity index (χ1v) is 10.3. The van der Waals surface area contributed by atoms with Gasteiger partial charge in [0, 0.05) is 25.6 Å². The number of pyridine rings is 2. The summed E-state index contributed by atoms with van der Waals surface area (Å²) >= 11 is 3.60. The third kappa shape index (κ3) is 3.42. The number of methoxy groups -OCH3 is 2. The number of hydrogen-bond acceptors (Lipinski definition) is 6. The highest BCUT2D eigenvalue weighted by Gasteiger charge is 2.15. The number of aromatic nitrogens is 2. The van der Waals surface area contributed by atoms with E-state index in [1.165, 1.54) is 14.6 Å². The Balaban J connectivity index is 1.78.